The second-order valence-corrected chi connectivity index (χ2v) is 4.74. The van der Waals surface area contributed by atoms with Crippen LogP contribution in [0.25, 0.3) is 0 Å². The van der Waals surface area contributed by atoms with Gasteiger partial charge in [0.05, 0.1) is 13.7 Å². The smallest absolute Gasteiger partial charge is 0.197 e. The summed E-state index contributed by atoms with van der Waals surface area (Å²) in [6.45, 7) is 0.656. The van der Waals surface area contributed by atoms with Crippen molar-refractivity contribution in [2.45, 2.75) is 25.2 Å². The molecular weight excluding hydrogens is 228 g/mol. The minimum absolute atomic E-state index is 0.173. The van der Waals surface area contributed by atoms with Crippen LogP contribution in [0.4, 0.5) is 0 Å². The normalized spacial score (nSPS) is 22.7. The molecule has 1 aromatic carbocycles. The second kappa shape index (κ2) is 4.48. The van der Waals surface area contributed by atoms with Crippen molar-refractivity contribution in [3.8, 4) is 5.75 Å². The maximum atomic E-state index is 11.8. The number of ether oxygens (including phenoxy) is 2. The van der Waals surface area contributed by atoms with Gasteiger partial charge in [-0.15, -0.1) is 0 Å². The van der Waals surface area contributed by atoms with Gasteiger partial charge in [-0.3, -0.25) is 4.79 Å². The van der Waals surface area contributed by atoms with Crippen LogP contribution in [0.5, 0.6) is 5.75 Å². The zero-order valence-corrected chi connectivity index (χ0v) is 10.4. The first kappa shape index (κ1) is 11.3. The number of methoxy groups -OCH3 is 1. The van der Waals surface area contributed by atoms with Crippen LogP contribution >= 0.6 is 0 Å². The lowest BCUT2D eigenvalue weighted by molar-refractivity contribution is -0.119. The second-order valence-electron chi connectivity index (χ2n) is 4.74. The maximum absolute atomic E-state index is 11.8. The predicted octanol–water partition coefficient (Wildman–Crippen LogP) is 2.82. The van der Waals surface area contributed by atoms with Gasteiger partial charge in [-0.2, -0.15) is 0 Å². The van der Waals surface area contributed by atoms with E-state index in [0.29, 0.717) is 24.7 Å². The largest absolute Gasteiger partial charge is 0.497 e. The average Bonchev–Trinajstić information content (AvgIpc) is 2.90. The van der Waals surface area contributed by atoms with Crippen molar-refractivity contribution in [3.05, 3.63) is 41.2 Å². The van der Waals surface area contributed by atoms with Crippen LogP contribution < -0.4 is 4.74 Å². The van der Waals surface area contributed by atoms with Crippen LogP contribution in [0, 0.1) is 0 Å². The molecule has 0 radical (unpaired) electrons. The number of hydrogen-bond donors (Lipinski definition) is 0. The van der Waals surface area contributed by atoms with Crippen LogP contribution in [-0.4, -0.2) is 19.5 Å². The number of carbonyl (C=O) groups is 1. The molecule has 0 N–H and O–H groups in total. The number of carbonyl (C=O) groups excluding carboxylic acids is 1. The summed E-state index contributed by atoms with van der Waals surface area (Å²) in [5.74, 6) is 2.02. The van der Waals surface area contributed by atoms with Gasteiger partial charge in [0.15, 0.2) is 11.5 Å². The fourth-order valence-electron chi connectivity index (χ4n) is 2.83. The zero-order valence-electron chi connectivity index (χ0n) is 10.4. The number of allylic oxidation sites excluding steroid dienone is 1. The van der Waals surface area contributed by atoms with E-state index in [1.165, 1.54) is 11.1 Å². The molecular formula is C15H16O3. The standard InChI is InChI=1S/C15H16O3/c1-17-11-4-2-10(3-5-11)12-6-7-14(16)15-13(12)8-9-18-15/h2-5,12H,6-9H2,1H3. The summed E-state index contributed by atoms with van der Waals surface area (Å²) in [4.78, 5) is 11.8. The molecule has 3 heteroatoms. The van der Waals surface area contributed by atoms with E-state index in [4.69, 9.17) is 9.47 Å². The third-order valence-electron chi connectivity index (χ3n) is 3.76. The van der Waals surface area contributed by atoms with Crippen LogP contribution in [-0.2, 0) is 9.53 Å². The molecule has 0 spiro atoms. The number of benzene rings is 1. The van der Waals surface area contributed by atoms with Gasteiger partial charge in [-0.25, -0.2) is 0 Å². The Morgan fingerprint density at radius 1 is 1.22 bits per heavy atom. The SMILES string of the molecule is COc1ccc(C2CCC(=O)C3=C2CCO3)cc1. The molecule has 1 heterocycles. The van der Waals surface area contributed by atoms with Crippen LogP contribution in [0.1, 0.15) is 30.7 Å². The predicted molar refractivity (Wildman–Crippen MR) is 67.6 cm³/mol. The molecule has 0 amide bonds. The zero-order chi connectivity index (χ0) is 12.5. The van der Waals surface area contributed by atoms with Gasteiger partial charge in [0.25, 0.3) is 0 Å². The van der Waals surface area contributed by atoms with Gasteiger partial charge < -0.3 is 9.47 Å². The summed E-state index contributed by atoms with van der Waals surface area (Å²) in [6.07, 6.45) is 2.38. The Morgan fingerprint density at radius 2 is 2.00 bits per heavy atom. The molecule has 0 saturated heterocycles. The Balaban J connectivity index is 1.94. The molecule has 0 saturated carbocycles. The fraction of sp³-hybridized carbons (Fsp3) is 0.400. The molecule has 0 bridgehead atoms. The Morgan fingerprint density at radius 3 is 2.72 bits per heavy atom. The van der Waals surface area contributed by atoms with E-state index in [2.05, 4.69) is 12.1 Å². The average molecular weight is 244 g/mol. The molecule has 3 nitrogen and oxygen atoms in total. The summed E-state index contributed by atoms with van der Waals surface area (Å²) >= 11 is 0. The van der Waals surface area contributed by atoms with Gasteiger partial charge in [0, 0.05) is 18.8 Å². The highest BCUT2D eigenvalue weighted by Gasteiger charge is 2.33. The minimum Gasteiger partial charge on any atom is -0.497 e. The third-order valence-corrected chi connectivity index (χ3v) is 3.76. The van der Waals surface area contributed by atoms with E-state index in [0.717, 1.165) is 18.6 Å². The van der Waals surface area contributed by atoms with Crippen molar-refractivity contribution < 1.29 is 14.3 Å². The summed E-state index contributed by atoms with van der Waals surface area (Å²) in [5, 5.41) is 0. The molecule has 1 aromatic rings. The summed E-state index contributed by atoms with van der Waals surface area (Å²) in [5.41, 5.74) is 2.44. The molecule has 0 aromatic heterocycles. The molecule has 18 heavy (non-hydrogen) atoms. The molecule has 2 aliphatic rings. The van der Waals surface area contributed by atoms with Gasteiger partial charge in [0.2, 0.25) is 0 Å². The number of hydrogen-bond acceptors (Lipinski definition) is 3. The molecule has 0 fully saturated rings. The minimum atomic E-state index is 0.173. The molecule has 1 unspecified atom stereocenters. The van der Waals surface area contributed by atoms with E-state index in [1.54, 1.807) is 7.11 Å². The van der Waals surface area contributed by atoms with E-state index < -0.39 is 0 Å². The molecule has 1 aliphatic carbocycles. The molecule has 3 rings (SSSR count). The Bertz CT molecular complexity index is 499. The topological polar surface area (TPSA) is 35.5 Å². The quantitative estimate of drug-likeness (QED) is 0.802. The maximum Gasteiger partial charge on any atom is 0.197 e. The van der Waals surface area contributed by atoms with Gasteiger partial charge >= 0.3 is 0 Å². The highest BCUT2D eigenvalue weighted by atomic mass is 16.5. The van der Waals surface area contributed by atoms with E-state index in [9.17, 15) is 4.79 Å². The Kier molecular flexibility index (Phi) is 2.82. The van der Waals surface area contributed by atoms with Crippen molar-refractivity contribution in [3.63, 3.8) is 0 Å². The van der Waals surface area contributed by atoms with E-state index >= 15 is 0 Å². The lowest BCUT2D eigenvalue weighted by Crippen LogP contribution is -2.16. The summed E-state index contributed by atoms with van der Waals surface area (Å²) < 4.78 is 10.6. The van der Waals surface area contributed by atoms with Crippen LogP contribution in [0.2, 0.25) is 0 Å². The molecule has 1 atom stereocenters. The molecule has 94 valence electrons. The highest BCUT2D eigenvalue weighted by Crippen LogP contribution is 2.41. The van der Waals surface area contributed by atoms with Crippen molar-refractivity contribution in [1.29, 1.82) is 0 Å². The first-order valence-electron chi connectivity index (χ1n) is 6.32. The number of rotatable bonds is 2. The highest BCUT2D eigenvalue weighted by molar-refractivity contribution is 5.95. The number of Topliss-reactive ketones (excluding diaryl/α,β-unsaturated/α-hetero) is 1. The lowest BCUT2D eigenvalue weighted by atomic mass is 9.80. The van der Waals surface area contributed by atoms with Crippen molar-refractivity contribution >= 4 is 5.78 Å². The monoisotopic (exact) mass is 244 g/mol. The van der Waals surface area contributed by atoms with E-state index in [-0.39, 0.29) is 5.78 Å². The van der Waals surface area contributed by atoms with Crippen molar-refractivity contribution in [1.82, 2.24) is 0 Å². The van der Waals surface area contributed by atoms with Crippen molar-refractivity contribution in [2.24, 2.45) is 0 Å². The first-order chi connectivity index (χ1) is 8.79. The van der Waals surface area contributed by atoms with Gasteiger partial charge in [-0.1, -0.05) is 12.1 Å². The van der Waals surface area contributed by atoms with Gasteiger partial charge in [0.1, 0.15) is 5.75 Å². The molecule has 1 aliphatic heterocycles. The fourth-order valence-corrected chi connectivity index (χ4v) is 2.83. The third kappa shape index (κ3) is 1.80. The summed E-state index contributed by atoms with van der Waals surface area (Å²) in [6, 6.07) is 8.12. The van der Waals surface area contributed by atoms with Crippen LogP contribution in [0.3, 0.4) is 0 Å². The van der Waals surface area contributed by atoms with E-state index in [1.807, 2.05) is 12.1 Å². The van der Waals surface area contributed by atoms with Gasteiger partial charge in [-0.05, 0) is 29.7 Å². The number of ketones is 1. The Labute approximate surface area is 106 Å². The first-order valence-corrected chi connectivity index (χ1v) is 6.32. The van der Waals surface area contributed by atoms with Crippen LogP contribution in [0.15, 0.2) is 35.6 Å². The lowest BCUT2D eigenvalue weighted by Gasteiger charge is -2.23. The Hall–Kier alpha value is -1.77. The summed E-state index contributed by atoms with van der Waals surface area (Å²) in [7, 11) is 1.67. The van der Waals surface area contributed by atoms with Crippen molar-refractivity contribution in [2.75, 3.05) is 13.7 Å².